The molecule has 0 aromatic heterocycles. The normalized spacial score (nSPS) is 12.0. The molecule has 0 atom stereocenters. The summed E-state index contributed by atoms with van der Waals surface area (Å²) >= 11 is 0. The van der Waals surface area contributed by atoms with E-state index in [-0.39, 0.29) is 11.5 Å². The van der Waals surface area contributed by atoms with Crippen LogP contribution in [0.25, 0.3) is 0 Å². The highest BCUT2D eigenvalue weighted by molar-refractivity contribution is 8.33. The maximum Gasteiger partial charge on any atom is 0.115 e. The number of rotatable bonds is 3. The smallest absolute Gasteiger partial charge is 0.115 e. The summed E-state index contributed by atoms with van der Waals surface area (Å²) < 4.78 is 0. The van der Waals surface area contributed by atoms with Gasteiger partial charge in [-0.15, -0.1) is 0 Å². The quantitative estimate of drug-likeness (QED) is 0.714. The summed E-state index contributed by atoms with van der Waals surface area (Å²) in [6, 6.07) is 25.2. The first-order chi connectivity index (χ1) is 10.6. The zero-order chi connectivity index (χ0) is 15.6. The second-order valence-corrected chi connectivity index (χ2v) is 8.47. The minimum atomic E-state index is -1.43. The van der Waals surface area contributed by atoms with Crippen LogP contribution in [0, 0.1) is 0 Å². The van der Waals surface area contributed by atoms with E-state index in [1.54, 1.807) is 24.3 Å². The highest BCUT2D eigenvalue weighted by Crippen LogP contribution is 2.65. The molecule has 2 nitrogen and oxygen atoms in total. The molecule has 0 spiro atoms. The van der Waals surface area contributed by atoms with Crippen molar-refractivity contribution in [2.45, 2.75) is 14.7 Å². The molecule has 112 valence electrons. The molecule has 0 aliphatic rings. The molecule has 0 amide bonds. The molecule has 3 heteroatoms. The van der Waals surface area contributed by atoms with Crippen molar-refractivity contribution in [1.82, 2.24) is 0 Å². The van der Waals surface area contributed by atoms with Gasteiger partial charge < -0.3 is 10.2 Å². The fraction of sp³-hybridized carbons (Fsp3) is 0.0526. The number of benzene rings is 3. The molecule has 2 N–H and O–H groups in total. The van der Waals surface area contributed by atoms with Crippen LogP contribution in [-0.2, 0) is 0 Å². The Morgan fingerprint density at radius 3 is 1.32 bits per heavy atom. The van der Waals surface area contributed by atoms with E-state index in [0.29, 0.717) is 0 Å². The van der Waals surface area contributed by atoms with Crippen molar-refractivity contribution < 1.29 is 10.2 Å². The molecule has 3 aromatic carbocycles. The van der Waals surface area contributed by atoms with Crippen LogP contribution in [0.2, 0.25) is 0 Å². The SMILES string of the molecule is CS(c1ccccc1)(c1ccc(O)cc1)c1ccc(O)cc1. The van der Waals surface area contributed by atoms with E-state index >= 15 is 0 Å². The summed E-state index contributed by atoms with van der Waals surface area (Å²) in [6.45, 7) is 0. The molecule has 0 aliphatic carbocycles. The van der Waals surface area contributed by atoms with Crippen LogP contribution in [0.4, 0.5) is 0 Å². The van der Waals surface area contributed by atoms with Gasteiger partial charge in [-0.25, -0.2) is 0 Å². The van der Waals surface area contributed by atoms with Crippen LogP contribution < -0.4 is 0 Å². The van der Waals surface area contributed by atoms with Crippen LogP contribution in [0.3, 0.4) is 0 Å². The van der Waals surface area contributed by atoms with E-state index in [9.17, 15) is 10.2 Å². The summed E-state index contributed by atoms with van der Waals surface area (Å²) in [5.41, 5.74) is 0. The standard InChI is InChI=1S/C19H18O2S/c1-22(17-5-3-2-4-6-17,18-11-7-15(20)8-12-18)19-13-9-16(21)10-14-19/h2-14,20-21H,1H3. The summed E-state index contributed by atoms with van der Waals surface area (Å²) in [5.74, 6) is 0.536. The molecule has 0 fully saturated rings. The van der Waals surface area contributed by atoms with Crippen molar-refractivity contribution in [3.05, 3.63) is 78.9 Å². The average molecular weight is 310 g/mol. The van der Waals surface area contributed by atoms with Gasteiger partial charge >= 0.3 is 0 Å². The van der Waals surface area contributed by atoms with Gasteiger partial charge in [0.2, 0.25) is 0 Å². The van der Waals surface area contributed by atoms with Crippen molar-refractivity contribution in [2.75, 3.05) is 6.26 Å². The third kappa shape index (κ3) is 2.55. The van der Waals surface area contributed by atoms with Crippen LogP contribution in [0.5, 0.6) is 11.5 Å². The molecule has 0 radical (unpaired) electrons. The molecular weight excluding hydrogens is 292 g/mol. The molecule has 0 aliphatic heterocycles. The van der Waals surface area contributed by atoms with Crippen molar-refractivity contribution >= 4 is 10.0 Å². The Bertz CT molecular complexity index is 704. The van der Waals surface area contributed by atoms with Gasteiger partial charge in [0.25, 0.3) is 0 Å². The van der Waals surface area contributed by atoms with Crippen molar-refractivity contribution in [3.8, 4) is 11.5 Å². The van der Waals surface area contributed by atoms with E-state index in [1.807, 2.05) is 42.5 Å². The fourth-order valence-electron chi connectivity index (χ4n) is 2.54. The van der Waals surface area contributed by atoms with Crippen LogP contribution in [0.1, 0.15) is 0 Å². The van der Waals surface area contributed by atoms with Gasteiger partial charge in [0.1, 0.15) is 11.5 Å². The van der Waals surface area contributed by atoms with E-state index in [4.69, 9.17) is 0 Å². The third-order valence-electron chi connectivity index (χ3n) is 3.83. The summed E-state index contributed by atoms with van der Waals surface area (Å²) in [4.78, 5) is 3.58. The molecular formula is C19H18O2S. The van der Waals surface area contributed by atoms with E-state index in [2.05, 4.69) is 18.4 Å². The first-order valence-electron chi connectivity index (χ1n) is 7.02. The second kappa shape index (κ2) is 5.78. The molecule has 0 heterocycles. The van der Waals surface area contributed by atoms with E-state index < -0.39 is 10.0 Å². The molecule has 3 rings (SSSR count). The molecule has 0 saturated carbocycles. The number of phenolic OH excluding ortho intramolecular Hbond substituents is 2. The molecule has 0 bridgehead atoms. The highest BCUT2D eigenvalue weighted by atomic mass is 32.3. The van der Waals surface area contributed by atoms with E-state index in [0.717, 1.165) is 0 Å². The maximum atomic E-state index is 9.58. The summed E-state index contributed by atoms with van der Waals surface area (Å²) in [7, 11) is -1.43. The van der Waals surface area contributed by atoms with Gasteiger partial charge in [0, 0.05) is 0 Å². The largest absolute Gasteiger partial charge is 0.508 e. The molecule has 0 saturated heterocycles. The lowest BCUT2D eigenvalue weighted by Crippen LogP contribution is -2.01. The first-order valence-corrected chi connectivity index (χ1v) is 9.06. The Labute approximate surface area is 132 Å². The van der Waals surface area contributed by atoms with Crippen molar-refractivity contribution in [3.63, 3.8) is 0 Å². The number of hydrogen-bond acceptors (Lipinski definition) is 2. The van der Waals surface area contributed by atoms with Gasteiger partial charge in [-0.1, -0.05) is 18.2 Å². The Kier molecular flexibility index (Phi) is 3.82. The lowest BCUT2D eigenvalue weighted by atomic mass is 10.3. The van der Waals surface area contributed by atoms with Gasteiger partial charge in [-0.2, -0.15) is 10.0 Å². The zero-order valence-electron chi connectivity index (χ0n) is 12.3. The number of phenols is 2. The fourth-order valence-corrected chi connectivity index (χ4v) is 5.42. The van der Waals surface area contributed by atoms with Crippen LogP contribution in [0.15, 0.2) is 93.5 Å². The lowest BCUT2D eigenvalue weighted by Gasteiger charge is -2.37. The van der Waals surface area contributed by atoms with E-state index in [1.165, 1.54) is 14.7 Å². The predicted molar refractivity (Wildman–Crippen MR) is 91.0 cm³/mol. The Morgan fingerprint density at radius 1 is 0.545 bits per heavy atom. The Morgan fingerprint density at radius 2 is 0.909 bits per heavy atom. The monoisotopic (exact) mass is 310 g/mol. The van der Waals surface area contributed by atoms with Gasteiger partial charge in [0.15, 0.2) is 0 Å². The molecule has 22 heavy (non-hydrogen) atoms. The topological polar surface area (TPSA) is 40.5 Å². The number of aromatic hydroxyl groups is 2. The molecule has 3 aromatic rings. The second-order valence-electron chi connectivity index (χ2n) is 5.22. The first kappa shape index (κ1) is 14.5. The lowest BCUT2D eigenvalue weighted by molar-refractivity contribution is 0.474. The number of hydrogen-bond donors (Lipinski definition) is 2. The van der Waals surface area contributed by atoms with Crippen molar-refractivity contribution in [2.24, 2.45) is 0 Å². The Balaban J connectivity index is 2.22. The molecule has 0 unspecified atom stereocenters. The van der Waals surface area contributed by atoms with Crippen LogP contribution >= 0.6 is 10.0 Å². The minimum absolute atomic E-state index is 0.268. The third-order valence-corrected chi connectivity index (χ3v) is 7.48. The van der Waals surface area contributed by atoms with Crippen molar-refractivity contribution in [1.29, 1.82) is 0 Å². The predicted octanol–water partition coefficient (Wildman–Crippen LogP) is 5.01. The van der Waals surface area contributed by atoms with Crippen LogP contribution in [-0.4, -0.2) is 16.5 Å². The van der Waals surface area contributed by atoms with Gasteiger partial charge in [-0.05, 0) is 81.6 Å². The maximum absolute atomic E-state index is 9.58. The summed E-state index contributed by atoms with van der Waals surface area (Å²) in [6.07, 6.45) is 2.24. The van der Waals surface area contributed by atoms with Gasteiger partial charge in [0.05, 0.1) is 0 Å². The minimum Gasteiger partial charge on any atom is -0.508 e. The highest BCUT2D eigenvalue weighted by Gasteiger charge is 2.25. The van der Waals surface area contributed by atoms with Gasteiger partial charge in [-0.3, -0.25) is 0 Å². The Hall–Kier alpha value is -2.39. The average Bonchev–Trinajstić information content (AvgIpc) is 2.56. The zero-order valence-corrected chi connectivity index (χ0v) is 13.1. The summed E-state index contributed by atoms with van der Waals surface area (Å²) in [5, 5.41) is 19.2.